The predicted octanol–water partition coefficient (Wildman–Crippen LogP) is 6.10. The Labute approximate surface area is 231 Å². The summed E-state index contributed by atoms with van der Waals surface area (Å²) in [7, 11) is 1.69. The second-order valence-electron chi connectivity index (χ2n) is 9.69. The number of hydrogen-bond donors (Lipinski definition) is 0. The molecule has 2 aromatic carbocycles. The largest absolute Gasteiger partial charge is 0.486 e. The zero-order valence-electron chi connectivity index (χ0n) is 22.0. The van der Waals surface area contributed by atoms with Gasteiger partial charge in [0.1, 0.15) is 23.9 Å². The molecule has 0 N–H and O–H groups in total. The first kappa shape index (κ1) is 25.3. The molecule has 4 heterocycles. The Bertz CT molecular complexity index is 1590. The quantitative estimate of drug-likeness (QED) is 0.238. The molecule has 0 radical (unpaired) electrons. The van der Waals surface area contributed by atoms with Crippen molar-refractivity contribution in [3.63, 3.8) is 0 Å². The molecular formula is C32H28N2O6. The Morgan fingerprint density at radius 2 is 1.73 bits per heavy atom. The van der Waals surface area contributed by atoms with E-state index in [0.29, 0.717) is 36.1 Å². The van der Waals surface area contributed by atoms with Crippen molar-refractivity contribution in [3.8, 4) is 5.75 Å². The van der Waals surface area contributed by atoms with Crippen LogP contribution >= 0.6 is 0 Å². The van der Waals surface area contributed by atoms with Crippen LogP contribution in [-0.2, 0) is 19.6 Å². The minimum absolute atomic E-state index is 0.152. The lowest BCUT2D eigenvalue weighted by Gasteiger charge is -2.37. The number of nitrogens with zero attached hydrogens (tertiary/aromatic N) is 2. The van der Waals surface area contributed by atoms with E-state index in [1.165, 1.54) is 11.2 Å². The van der Waals surface area contributed by atoms with E-state index in [9.17, 15) is 9.59 Å². The Morgan fingerprint density at radius 3 is 2.50 bits per heavy atom. The van der Waals surface area contributed by atoms with Crippen molar-refractivity contribution >= 4 is 11.8 Å². The van der Waals surface area contributed by atoms with Gasteiger partial charge in [0.25, 0.3) is 11.8 Å². The molecule has 8 nitrogen and oxygen atoms in total. The Kier molecular flexibility index (Phi) is 6.97. The third-order valence-corrected chi connectivity index (χ3v) is 7.03. The summed E-state index contributed by atoms with van der Waals surface area (Å²) < 4.78 is 22.6. The summed E-state index contributed by atoms with van der Waals surface area (Å²) in [5.41, 5.74) is 3.17. The molecule has 2 amide bonds. The standard InChI is InChI=1S/C32H28N2O6/c1-33(20-25-9-5-17-37-25)31(35)29-14-13-26(40-29)21-39-24-12-11-22-15-16-34(32(36)28-10-6-18-38-28)30(27(22)19-24)23-7-3-2-4-8-23/h2-14,17-19,30H,15-16,20-21H2,1H3. The van der Waals surface area contributed by atoms with Crippen molar-refractivity contribution in [1.82, 2.24) is 9.80 Å². The molecule has 3 aromatic heterocycles. The summed E-state index contributed by atoms with van der Waals surface area (Å²) in [4.78, 5) is 29.6. The zero-order chi connectivity index (χ0) is 27.5. The molecule has 1 aliphatic rings. The number of hydrogen-bond acceptors (Lipinski definition) is 6. The maximum absolute atomic E-state index is 13.4. The average molecular weight is 537 g/mol. The molecule has 5 aromatic rings. The summed E-state index contributed by atoms with van der Waals surface area (Å²) in [6.45, 7) is 1.07. The highest BCUT2D eigenvalue weighted by Gasteiger charge is 2.34. The van der Waals surface area contributed by atoms with Gasteiger partial charge in [0, 0.05) is 13.6 Å². The normalized spacial score (nSPS) is 14.5. The highest BCUT2D eigenvalue weighted by molar-refractivity contribution is 5.92. The van der Waals surface area contributed by atoms with Gasteiger partial charge in [0.15, 0.2) is 11.5 Å². The van der Waals surface area contributed by atoms with E-state index < -0.39 is 0 Å². The number of rotatable bonds is 8. The molecule has 0 spiro atoms. The van der Waals surface area contributed by atoms with Gasteiger partial charge in [-0.25, -0.2) is 0 Å². The van der Waals surface area contributed by atoms with Crippen LogP contribution in [0, 0.1) is 0 Å². The van der Waals surface area contributed by atoms with Gasteiger partial charge < -0.3 is 27.8 Å². The minimum Gasteiger partial charge on any atom is -0.486 e. The smallest absolute Gasteiger partial charge is 0.290 e. The summed E-state index contributed by atoms with van der Waals surface area (Å²) in [6, 6.07) is 26.0. The van der Waals surface area contributed by atoms with E-state index >= 15 is 0 Å². The Hall–Kier alpha value is -4.98. The van der Waals surface area contributed by atoms with Crippen molar-refractivity contribution in [2.24, 2.45) is 0 Å². The van der Waals surface area contributed by atoms with E-state index in [-0.39, 0.29) is 30.2 Å². The Balaban J connectivity index is 1.20. The van der Waals surface area contributed by atoms with Crippen molar-refractivity contribution in [2.75, 3.05) is 13.6 Å². The molecule has 6 rings (SSSR count). The monoisotopic (exact) mass is 536 g/mol. The number of amides is 2. The van der Waals surface area contributed by atoms with Crippen LogP contribution in [0.3, 0.4) is 0 Å². The number of ether oxygens (including phenoxy) is 1. The minimum atomic E-state index is -0.288. The molecule has 1 unspecified atom stereocenters. The maximum atomic E-state index is 13.4. The molecule has 1 aliphatic heterocycles. The predicted molar refractivity (Wildman–Crippen MR) is 146 cm³/mol. The van der Waals surface area contributed by atoms with Crippen LogP contribution in [0.4, 0.5) is 0 Å². The van der Waals surface area contributed by atoms with Gasteiger partial charge in [-0.05, 0) is 71.6 Å². The fourth-order valence-electron chi connectivity index (χ4n) is 5.06. The van der Waals surface area contributed by atoms with Crippen LogP contribution in [0.2, 0.25) is 0 Å². The second kappa shape index (κ2) is 11.0. The SMILES string of the molecule is CN(Cc1ccco1)C(=O)c1ccc(COc2ccc3c(c2)C(c2ccccc2)N(C(=O)c2ccco2)CC3)o1. The summed E-state index contributed by atoms with van der Waals surface area (Å²) in [5, 5.41) is 0. The first-order valence-corrected chi connectivity index (χ1v) is 13.1. The fraction of sp³-hybridized carbons (Fsp3) is 0.188. The molecule has 1 atom stereocenters. The van der Waals surface area contributed by atoms with E-state index in [2.05, 4.69) is 6.07 Å². The van der Waals surface area contributed by atoms with Gasteiger partial charge in [-0.15, -0.1) is 0 Å². The van der Waals surface area contributed by atoms with E-state index in [0.717, 1.165) is 23.1 Å². The fourth-order valence-corrected chi connectivity index (χ4v) is 5.06. The highest BCUT2D eigenvalue weighted by atomic mass is 16.5. The lowest BCUT2D eigenvalue weighted by Crippen LogP contribution is -2.40. The van der Waals surface area contributed by atoms with Gasteiger partial charge in [0.2, 0.25) is 0 Å². The van der Waals surface area contributed by atoms with E-state index in [1.807, 2.05) is 53.4 Å². The molecule has 0 saturated heterocycles. The zero-order valence-corrected chi connectivity index (χ0v) is 22.0. The topological polar surface area (TPSA) is 89.3 Å². The lowest BCUT2D eigenvalue weighted by atomic mass is 9.87. The number of carbonyl (C=O) groups excluding carboxylic acids is 2. The lowest BCUT2D eigenvalue weighted by molar-refractivity contribution is 0.0661. The highest BCUT2D eigenvalue weighted by Crippen LogP contribution is 2.38. The van der Waals surface area contributed by atoms with Crippen LogP contribution in [0.25, 0.3) is 0 Å². The van der Waals surface area contributed by atoms with Crippen LogP contribution in [0.5, 0.6) is 5.75 Å². The van der Waals surface area contributed by atoms with Gasteiger partial charge >= 0.3 is 0 Å². The first-order chi connectivity index (χ1) is 19.6. The van der Waals surface area contributed by atoms with Crippen molar-refractivity contribution < 1.29 is 27.6 Å². The van der Waals surface area contributed by atoms with Gasteiger partial charge in [-0.1, -0.05) is 36.4 Å². The summed E-state index contributed by atoms with van der Waals surface area (Å²) in [5.74, 6) is 2.01. The van der Waals surface area contributed by atoms with E-state index in [1.54, 1.807) is 43.6 Å². The van der Waals surface area contributed by atoms with Crippen molar-refractivity contribution in [3.05, 3.63) is 137 Å². The van der Waals surface area contributed by atoms with Gasteiger partial charge in [0.05, 0.1) is 25.1 Å². The van der Waals surface area contributed by atoms with Gasteiger partial charge in [-0.3, -0.25) is 9.59 Å². The third kappa shape index (κ3) is 5.16. The molecule has 0 aliphatic carbocycles. The number of furan rings is 3. The van der Waals surface area contributed by atoms with E-state index in [4.69, 9.17) is 18.0 Å². The van der Waals surface area contributed by atoms with Crippen molar-refractivity contribution in [1.29, 1.82) is 0 Å². The van der Waals surface area contributed by atoms with Crippen LogP contribution in [0.1, 0.15) is 55.4 Å². The van der Waals surface area contributed by atoms with Crippen molar-refractivity contribution in [2.45, 2.75) is 25.6 Å². The average Bonchev–Trinajstić information content (AvgIpc) is 3.79. The molecule has 40 heavy (non-hydrogen) atoms. The number of fused-ring (bicyclic) bond motifs is 1. The third-order valence-electron chi connectivity index (χ3n) is 7.03. The van der Waals surface area contributed by atoms with Crippen LogP contribution in [0.15, 0.2) is 111 Å². The number of carbonyl (C=O) groups is 2. The van der Waals surface area contributed by atoms with Crippen LogP contribution < -0.4 is 4.74 Å². The molecule has 0 saturated carbocycles. The maximum Gasteiger partial charge on any atom is 0.290 e. The molecule has 8 heteroatoms. The summed E-state index contributed by atoms with van der Waals surface area (Å²) in [6.07, 6.45) is 3.81. The molecule has 0 fully saturated rings. The molecular weight excluding hydrogens is 508 g/mol. The molecule has 202 valence electrons. The first-order valence-electron chi connectivity index (χ1n) is 13.1. The second-order valence-corrected chi connectivity index (χ2v) is 9.69. The Morgan fingerprint density at radius 1 is 0.900 bits per heavy atom. The molecule has 0 bridgehead atoms. The van der Waals surface area contributed by atoms with Crippen LogP contribution in [-0.4, -0.2) is 35.2 Å². The summed E-state index contributed by atoms with van der Waals surface area (Å²) >= 11 is 0. The number of benzene rings is 2. The van der Waals surface area contributed by atoms with Gasteiger partial charge in [-0.2, -0.15) is 0 Å².